The van der Waals surface area contributed by atoms with Gasteiger partial charge in [-0.3, -0.25) is 4.99 Å². The minimum absolute atomic E-state index is 0.736. The monoisotopic (exact) mass is 177 g/mol. The van der Waals surface area contributed by atoms with Crippen molar-refractivity contribution >= 4 is 6.21 Å². The van der Waals surface area contributed by atoms with Crippen LogP contribution in [-0.2, 0) is 0 Å². The molecular weight excluding hydrogens is 167 g/mol. The number of halogens is 3. The number of aliphatic imine (C=N–C) groups is 1. The summed E-state index contributed by atoms with van der Waals surface area (Å²) in [6.45, 7) is 3.00. The van der Waals surface area contributed by atoms with Crippen molar-refractivity contribution < 1.29 is 13.2 Å². The van der Waals surface area contributed by atoms with E-state index in [9.17, 15) is 13.2 Å². The standard InChI is InChI=1S/C8H10F3N/c1-3-5-12-6-7(4-2)8(9,10)11/h3-6H,1-2H3/b5-3-,7-4+,12-6-. The third-order valence-electron chi connectivity index (χ3n) is 1.09. The summed E-state index contributed by atoms with van der Waals surface area (Å²) in [5.41, 5.74) is -0.736. The summed E-state index contributed by atoms with van der Waals surface area (Å²) < 4.78 is 35.9. The number of hydrogen-bond donors (Lipinski definition) is 0. The molecule has 0 unspecified atom stereocenters. The number of hydrogen-bond acceptors (Lipinski definition) is 1. The molecule has 0 aromatic heterocycles. The van der Waals surface area contributed by atoms with Crippen molar-refractivity contribution in [3.63, 3.8) is 0 Å². The van der Waals surface area contributed by atoms with E-state index in [2.05, 4.69) is 4.99 Å². The maximum absolute atomic E-state index is 12.0. The van der Waals surface area contributed by atoms with Gasteiger partial charge in [-0.25, -0.2) is 0 Å². The Hall–Kier alpha value is -1.06. The molecule has 0 aliphatic rings. The van der Waals surface area contributed by atoms with Gasteiger partial charge in [0, 0.05) is 12.4 Å². The summed E-state index contributed by atoms with van der Waals surface area (Å²) in [5, 5.41) is 0. The minimum Gasteiger partial charge on any atom is -0.264 e. The zero-order chi connectivity index (χ0) is 9.61. The summed E-state index contributed by atoms with van der Waals surface area (Å²) in [6.07, 6.45) is 0.322. The Balaban J connectivity index is 4.41. The van der Waals surface area contributed by atoms with Gasteiger partial charge >= 0.3 is 6.18 Å². The second-order valence-corrected chi connectivity index (χ2v) is 2.00. The third kappa shape index (κ3) is 3.95. The largest absolute Gasteiger partial charge is 0.417 e. The zero-order valence-corrected chi connectivity index (χ0v) is 6.89. The lowest BCUT2D eigenvalue weighted by Crippen LogP contribution is -2.12. The Morgan fingerprint density at radius 3 is 2.17 bits per heavy atom. The van der Waals surface area contributed by atoms with E-state index in [1.54, 1.807) is 13.0 Å². The van der Waals surface area contributed by atoms with Crippen molar-refractivity contribution in [3.05, 3.63) is 23.9 Å². The zero-order valence-electron chi connectivity index (χ0n) is 6.89. The fourth-order valence-electron chi connectivity index (χ4n) is 0.521. The van der Waals surface area contributed by atoms with E-state index in [-0.39, 0.29) is 0 Å². The molecule has 68 valence electrons. The number of rotatable bonds is 2. The normalized spacial score (nSPS) is 14.9. The number of nitrogens with zero attached hydrogens (tertiary/aromatic N) is 1. The Morgan fingerprint density at radius 1 is 1.25 bits per heavy atom. The van der Waals surface area contributed by atoms with Gasteiger partial charge in [-0.1, -0.05) is 12.2 Å². The first-order chi connectivity index (χ1) is 5.52. The lowest BCUT2D eigenvalue weighted by Gasteiger charge is -2.04. The molecular formula is C8H10F3N. The van der Waals surface area contributed by atoms with Gasteiger partial charge in [0.25, 0.3) is 0 Å². The van der Waals surface area contributed by atoms with Crippen LogP contribution < -0.4 is 0 Å². The molecule has 0 heterocycles. The van der Waals surface area contributed by atoms with Crippen molar-refractivity contribution in [2.75, 3.05) is 0 Å². The molecule has 0 aliphatic heterocycles. The van der Waals surface area contributed by atoms with Gasteiger partial charge in [0.15, 0.2) is 0 Å². The minimum atomic E-state index is -4.31. The van der Waals surface area contributed by atoms with Crippen LogP contribution in [0.15, 0.2) is 28.9 Å². The maximum atomic E-state index is 12.0. The van der Waals surface area contributed by atoms with Crippen LogP contribution in [0.4, 0.5) is 13.2 Å². The van der Waals surface area contributed by atoms with E-state index in [0.29, 0.717) is 0 Å². The quantitative estimate of drug-likeness (QED) is 0.574. The topological polar surface area (TPSA) is 12.4 Å². The molecule has 0 saturated heterocycles. The first kappa shape index (κ1) is 10.9. The van der Waals surface area contributed by atoms with Crippen LogP contribution in [0, 0.1) is 0 Å². The van der Waals surface area contributed by atoms with Gasteiger partial charge in [0.05, 0.1) is 5.57 Å². The highest BCUT2D eigenvalue weighted by Gasteiger charge is 2.31. The van der Waals surface area contributed by atoms with Crippen LogP contribution in [0.25, 0.3) is 0 Å². The van der Waals surface area contributed by atoms with Gasteiger partial charge in [0.2, 0.25) is 0 Å². The molecule has 12 heavy (non-hydrogen) atoms. The first-order valence-electron chi connectivity index (χ1n) is 3.40. The summed E-state index contributed by atoms with van der Waals surface area (Å²) in [4.78, 5) is 3.43. The Morgan fingerprint density at radius 2 is 1.83 bits per heavy atom. The predicted molar refractivity (Wildman–Crippen MR) is 43.1 cm³/mol. The maximum Gasteiger partial charge on any atom is 0.417 e. The summed E-state index contributed by atoms with van der Waals surface area (Å²) in [7, 11) is 0. The van der Waals surface area contributed by atoms with Crippen LogP contribution in [0.3, 0.4) is 0 Å². The fraction of sp³-hybridized carbons (Fsp3) is 0.375. The molecule has 0 fully saturated rings. The Bertz CT molecular complexity index is 211. The van der Waals surface area contributed by atoms with E-state index in [1.165, 1.54) is 13.1 Å². The predicted octanol–water partition coefficient (Wildman–Crippen LogP) is 3.10. The lowest BCUT2D eigenvalue weighted by atomic mass is 10.3. The molecule has 1 nitrogen and oxygen atoms in total. The second kappa shape index (κ2) is 4.74. The molecule has 0 bridgehead atoms. The van der Waals surface area contributed by atoms with E-state index < -0.39 is 11.7 Å². The second-order valence-electron chi connectivity index (χ2n) is 2.00. The molecule has 0 amide bonds. The SMILES string of the molecule is C\C=C/N=C\C(=C/C)C(F)(F)F. The summed E-state index contributed by atoms with van der Waals surface area (Å²) in [5.74, 6) is 0. The van der Waals surface area contributed by atoms with Crippen LogP contribution in [-0.4, -0.2) is 12.4 Å². The van der Waals surface area contributed by atoms with Crippen molar-refractivity contribution in [3.8, 4) is 0 Å². The van der Waals surface area contributed by atoms with Gasteiger partial charge in [-0.15, -0.1) is 0 Å². The van der Waals surface area contributed by atoms with E-state index in [0.717, 1.165) is 12.3 Å². The Labute approximate surface area is 69.3 Å². The number of allylic oxidation sites excluding steroid dienone is 3. The van der Waals surface area contributed by atoms with Crippen LogP contribution in [0.2, 0.25) is 0 Å². The smallest absolute Gasteiger partial charge is 0.264 e. The van der Waals surface area contributed by atoms with Gasteiger partial charge in [0.1, 0.15) is 0 Å². The summed E-state index contributed by atoms with van der Waals surface area (Å²) >= 11 is 0. The average molecular weight is 177 g/mol. The van der Waals surface area contributed by atoms with Crippen molar-refractivity contribution in [2.24, 2.45) is 4.99 Å². The van der Waals surface area contributed by atoms with Crippen LogP contribution in [0.1, 0.15) is 13.8 Å². The molecule has 0 saturated carbocycles. The molecule has 0 N–H and O–H groups in total. The highest BCUT2D eigenvalue weighted by atomic mass is 19.4. The van der Waals surface area contributed by atoms with Gasteiger partial charge < -0.3 is 0 Å². The lowest BCUT2D eigenvalue weighted by molar-refractivity contribution is -0.0857. The van der Waals surface area contributed by atoms with Gasteiger partial charge in [-0.05, 0) is 13.8 Å². The number of alkyl halides is 3. The van der Waals surface area contributed by atoms with Crippen molar-refractivity contribution in [2.45, 2.75) is 20.0 Å². The molecule has 0 aromatic rings. The average Bonchev–Trinajstić information content (AvgIpc) is 1.95. The fourth-order valence-corrected chi connectivity index (χ4v) is 0.521. The van der Waals surface area contributed by atoms with E-state index >= 15 is 0 Å². The van der Waals surface area contributed by atoms with E-state index in [4.69, 9.17) is 0 Å². The third-order valence-corrected chi connectivity index (χ3v) is 1.09. The van der Waals surface area contributed by atoms with Crippen molar-refractivity contribution in [1.82, 2.24) is 0 Å². The van der Waals surface area contributed by atoms with Crippen LogP contribution >= 0.6 is 0 Å². The Kier molecular flexibility index (Phi) is 4.33. The molecule has 0 radical (unpaired) electrons. The molecule has 0 aliphatic carbocycles. The summed E-state index contributed by atoms with van der Waals surface area (Å²) in [6, 6.07) is 0. The first-order valence-corrected chi connectivity index (χ1v) is 3.40. The molecule has 0 aromatic carbocycles. The van der Waals surface area contributed by atoms with Gasteiger partial charge in [-0.2, -0.15) is 13.2 Å². The molecule has 0 atom stereocenters. The molecule has 4 heteroatoms. The van der Waals surface area contributed by atoms with Crippen LogP contribution in [0.5, 0.6) is 0 Å². The molecule has 0 spiro atoms. The highest BCUT2D eigenvalue weighted by molar-refractivity contribution is 5.80. The highest BCUT2D eigenvalue weighted by Crippen LogP contribution is 2.23. The molecule has 0 rings (SSSR count). The van der Waals surface area contributed by atoms with Crippen molar-refractivity contribution in [1.29, 1.82) is 0 Å². The van der Waals surface area contributed by atoms with E-state index in [1.807, 2.05) is 0 Å².